The second-order valence-electron chi connectivity index (χ2n) is 5.60. The van der Waals surface area contributed by atoms with Gasteiger partial charge in [-0.3, -0.25) is 18.7 Å². The number of unbranched alkanes of at least 4 members (excludes halogenated alkanes) is 1. The number of rotatable bonds is 7. The molecule has 1 aliphatic rings. The van der Waals surface area contributed by atoms with Crippen molar-refractivity contribution < 1.29 is 22.2 Å². The first-order chi connectivity index (χ1) is 12.0. The monoisotopic (exact) mass is 359 g/mol. The van der Waals surface area contributed by atoms with E-state index in [1.807, 2.05) is 0 Å². The predicted octanol–water partition coefficient (Wildman–Crippen LogP) is 2.47. The topological polar surface area (TPSA) is 80.8 Å². The maximum atomic E-state index is 12.2. The van der Waals surface area contributed by atoms with E-state index in [9.17, 15) is 18.0 Å². The van der Waals surface area contributed by atoms with E-state index in [2.05, 4.69) is 0 Å². The van der Waals surface area contributed by atoms with Gasteiger partial charge in [0.25, 0.3) is 21.9 Å². The molecule has 0 N–H and O–H groups in total. The van der Waals surface area contributed by atoms with Gasteiger partial charge in [-0.25, -0.2) is 0 Å². The summed E-state index contributed by atoms with van der Waals surface area (Å²) < 4.78 is 28.9. The number of imide groups is 1. The molecule has 0 fully saturated rings. The van der Waals surface area contributed by atoms with E-state index in [4.69, 9.17) is 4.18 Å². The number of hydrogen-bond acceptors (Lipinski definition) is 5. The van der Waals surface area contributed by atoms with Gasteiger partial charge in [-0.05, 0) is 37.1 Å². The Morgan fingerprint density at radius 2 is 1.36 bits per heavy atom. The van der Waals surface area contributed by atoms with Crippen molar-refractivity contribution in [2.75, 3.05) is 13.2 Å². The second-order valence-corrected chi connectivity index (χ2v) is 7.22. The van der Waals surface area contributed by atoms with Gasteiger partial charge in [-0.2, -0.15) is 8.42 Å². The van der Waals surface area contributed by atoms with Crippen molar-refractivity contribution in [2.45, 2.75) is 17.7 Å². The Balaban J connectivity index is 1.49. The highest BCUT2D eigenvalue weighted by Crippen LogP contribution is 2.22. The molecule has 0 unspecified atom stereocenters. The summed E-state index contributed by atoms with van der Waals surface area (Å²) in [6.07, 6.45) is 0.884. The number of carbonyl (C=O) groups excluding carboxylic acids is 2. The third kappa shape index (κ3) is 3.62. The first kappa shape index (κ1) is 17.3. The lowest BCUT2D eigenvalue weighted by Gasteiger charge is -2.13. The Morgan fingerprint density at radius 3 is 1.96 bits per heavy atom. The van der Waals surface area contributed by atoms with Crippen molar-refractivity contribution in [3.63, 3.8) is 0 Å². The summed E-state index contributed by atoms with van der Waals surface area (Å²) in [5.74, 6) is -0.614. The molecule has 2 amide bonds. The van der Waals surface area contributed by atoms with Crippen LogP contribution in [0.4, 0.5) is 0 Å². The summed E-state index contributed by atoms with van der Waals surface area (Å²) in [7, 11) is -3.77. The van der Waals surface area contributed by atoms with Gasteiger partial charge < -0.3 is 0 Å². The number of carbonyl (C=O) groups is 2. The molecule has 0 atom stereocenters. The number of fused-ring (bicyclic) bond motifs is 1. The van der Waals surface area contributed by atoms with Crippen LogP contribution in [0.5, 0.6) is 0 Å². The first-order valence-corrected chi connectivity index (χ1v) is 9.31. The minimum atomic E-state index is -3.77. The number of nitrogens with zero attached hydrogens (tertiary/aromatic N) is 1. The molecule has 1 aliphatic heterocycles. The smallest absolute Gasteiger partial charge is 0.274 e. The number of amides is 2. The Hall–Kier alpha value is -2.51. The molecule has 0 aromatic heterocycles. The molecule has 0 saturated heterocycles. The summed E-state index contributed by atoms with van der Waals surface area (Å²) in [5.41, 5.74) is 0.825. The van der Waals surface area contributed by atoms with Crippen LogP contribution in [0.25, 0.3) is 0 Å². The van der Waals surface area contributed by atoms with Gasteiger partial charge >= 0.3 is 0 Å². The lowest BCUT2D eigenvalue weighted by Crippen LogP contribution is -2.30. The van der Waals surface area contributed by atoms with E-state index in [0.717, 1.165) is 0 Å². The van der Waals surface area contributed by atoms with Crippen molar-refractivity contribution in [3.8, 4) is 0 Å². The standard InChI is InChI=1S/C18H17NO5S/c20-17-15-10-4-5-11-16(15)18(21)19(17)12-6-7-13-24-25(22,23)14-8-2-1-3-9-14/h1-5,8-11H,6-7,12-13H2. The number of hydrogen-bond donors (Lipinski definition) is 0. The van der Waals surface area contributed by atoms with Gasteiger partial charge in [-0.15, -0.1) is 0 Å². The fourth-order valence-electron chi connectivity index (χ4n) is 2.64. The quantitative estimate of drug-likeness (QED) is 0.431. The highest BCUT2D eigenvalue weighted by atomic mass is 32.2. The molecule has 130 valence electrons. The zero-order valence-corrected chi connectivity index (χ0v) is 14.2. The molecule has 0 aliphatic carbocycles. The average Bonchev–Trinajstić information content (AvgIpc) is 2.87. The molecule has 6 nitrogen and oxygen atoms in total. The Bertz CT molecular complexity index is 858. The first-order valence-electron chi connectivity index (χ1n) is 7.90. The van der Waals surface area contributed by atoms with Gasteiger partial charge in [0, 0.05) is 6.54 Å². The highest BCUT2D eigenvalue weighted by Gasteiger charge is 2.34. The summed E-state index contributed by atoms with van der Waals surface area (Å²) in [5, 5.41) is 0. The van der Waals surface area contributed by atoms with Crippen molar-refractivity contribution in [1.29, 1.82) is 0 Å². The van der Waals surface area contributed by atoms with Crippen LogP contribution in [0.1, 0.15) is 33.6 Å². The summed E-state index contributed by atoms with van der Waals surface area (Å²) in [6, 6.07) is 14.6. The van der Waals surface area contributed by atoms with Crippen molar-refractivity contribution in [3.05, 3.63) is 65.7 Å². The zero-order valence-electron chi connectivity index (χ0n) is 13.4. The predicted molar refractivity (Wildman–Crippen MR) is 90.6 cm³/mol. The molecule has 0 radical (unpaired) electrons. The van der Waals surface area contributed by atoms with E-state index in [1.165, 1.54) is 17.0 Å². The molecule has 3 rings (SSSR count). The Kier molecular flexibility index (Phi) is 4.96. The molecular weight excluding hydrogens is 342 g/mol. The fourth-order valence-corrected chi connectivity index (χ4v) is 3.60. The van der Waals surface area contributed by atoms with Crippen LogP contribution in [0, 0.1) is 0 Å². The van der Waals surface area contributed by atoms with Crippen LogP contribution >= 0.6 is 0 Å². The van der Waals surface area contributed by atoms with E-state index >= 15 is 0 Å². The molecular formula is C18H17NO5S. The molecule has 0 bridgehead atoms. The van der Waals surface area contributed by atoms with Crippen LogP contribution in [0.3, 0.4) is 0 Å². The molecule has 2 aromatic rings. The lowest BCUT2D eigenvalue weighted by molar-refractivity contribution is 0.0649. The van der Waals surface area contributed by atoms with Crippen LogP contribution in [-0.2, 0) is 14.3 Å². The van der Waals surface area contributed by atoms with E-state index in [-0.39, 0.29) is 29.9 Å². The normalized spacial score (nSPS) is 14.0. The molecule has 0 spiro atoms. The lowest BCUT2D eigenvalue weighted by atomic mass is 10.1. The van der Waals surface area contributed by atoms with Crippen LogP contribution in [0.2, 0.25) is 0 Å². The highest BCUT2D eigenvalue weighted by molar-refractivity contribution is 7.86. The van der Waals surface area contributed by atoms with Crippen molar-refractivity contribution in [2.24, 2.45) is 0 Å². The molecule has 7 heteroatoms. The zero-order chi connectivity index (χ0) is 17.9. The second kappa shape index (κ2) is 7.16. The maximum absolute atomic E-state index is 12.2. The molecule has 2 aromatic carbocycles. The van der Waals surface area contributed by atoms with E-state index < -0.39 is 10.1 Å². The van der Waals surface area contributed by atoms with Gasteiger partial charge in [0.05, 0.1) is 22.6 Å². The van der Waals surface area contributed by atoms with Gasteiger partial charge in [0.15, 0.2) is 0 Å². The number of benzene rings is 2. The fraction of sp³-hybridized carbons (Fsp3) is 0.222. The largest absolute Gasteiger partial charge is 0.296 e. The summed E-state index contributed by atoms with van der Waals surface area (Å²) in [6.45, 7) is 0.238. The van der Waals surface area contributed by atoms with Gasteiger partial charge in [0.2, 0.25) is 0 Å². The van der Waals surface area contributed by atoms with Crippen LogP contribution in [0.15, 0.2) is 59.5 Å². The average molecular weight is 359 g/mol. The molecule has 0 saturated carbocycles. The Morgan fingerprint density at radius 1 is 0.800 bits per heavy atom. The van der Waals surface area contributed by atoms with Gasteiger partial charge in [0.1, 0.15) is 0 Å². The molecule has 25 heavy (non-hydrogen) atoms. The maximum Gasteiger partial charge on any atom is 0.296 e. The third-order valence-corrected chi connectivity index (χ3v) is 5.25. The summed E-state index contributed by atoms with van der Waals surface area (Å²) in [4.78, 5) is 25.7. The van der Waals surface area contributed by atoms with Gasteiger partial charge in [-0.1, -0.05) is 30.3 Å². The third-order valence-electron chi connectivity index (χ3n) is 3.92. The minimum Gasteiger partial charge on any atom is -0.274 e. The SMILES string of the molecule is O=C1c2ccccc2C(=O)N1CCCCOS(=O)(=O)c1ccccc1. The minimum absolute atomic E-state index is 0.000394. The van der Waals surface area contributed by atoms with Crippen molar-refractivity contribution >= 4 is 21.9 Å². The van der Waals surface area contributed by atoms with Crippen molar-refractivity contribution in [1.82, 2.24) is 4.90 Å². The summed E-state index contributed by atoms with van der Waals surface area (Å²) >= 11 is 0. The van der Waals surface area contributed by atoms with Crippen LogP contribution < -0.4 is 0 Å². The van der Waals surface area contributed by atoms with E-state index in [1.54, 1.807) is 42.5 Å². The van der Waals surface area contributed by atoms with E-state index in [0.29, 0.717) is 24.0 Å². The van der Waals surface area contributed by atoms with Crippen LogP contribution in [-0.4, -0.2) is 38.3 Å². The molecule has 1 heterocycles. The Labute approximate surface area is 146 Å².